The van der Waals surface area contributed by atoms with Crippen molar-refractivity contribution < 1.29 is 14.3 Å². The van der Waals surface area contributed by atoms with Gasteiger partial charge in [0, 0.05) is 43.4 Å². The summed E-state index contributed by atoms with van der Waals surface area (Å²) in [5, 5.41) is 0. The fourth-order valence-corrected chi connectivity index (χ4v) is 4.06. The van der Waals surface area contributed by atoms with Crippen LogP contribution in [0.25, 0.3) is 11.5 Å². The summed E-state index contributed by atoms with van der Waals surface area (Å²) in [6, 6.07) is 12.6. The van der Waals surface area contributed by atoms with Crippen molar-refractivity contribution in [3.63, 3.8) is 0 Å². The molecular formula is C26H28N4O4. The summed E-state index contributed by atoms with van der Waals surface area (Å²) in [5.41, 5.74) is 2.25. The van der Waals surface area contributed by atoms with Crippen LogP contribution in [0.15, 0.2) is 53.5 Å². The zero-order valence-corrected chi connectivity index (χ0v) is 19.3. The van der Waals surface area contributed by atoms with Gasteiger partial charge in [-0.1, -0.05) is 18.2 Å². The van der Waals surface area contributed by atoms with E-state index in [1.165, 1.54) is 0 Å². The van der Waals surface area contributed by atoms with E-state index in [4.69, 9.17) is 4.74 Å². The maximum Gasteiger partial charge on any atom is 0.260 e. The minimum atomic E-state index is -0.251. The summed E-state index contributed by atoms with van der Waals surface area (Å²) in [6.07, 6.45) is 4.50. The number of nitrogens with zero attached hydrogens (tertiary/aromatic N) is 3. The van der Waals surface area contributed by atoms with Gasteiger partial charge in [0.2, 0.25) is 0 Å². The van der Waals surface area contributed by atoms with Crippen molar-refractivity contribution in [1.82, 2.24) is 19.9 Å². The van der Waals surface area contributed by atoms with Gasteiger partial charge in [-0.3, -0.25) is 19.4 Å². The van der Waals surface area contributed by atoms with E-state index >= 15 is 0 Å². The molecule has 1 fully saturated rings. The first kappa shape index (κ1) is 23.4. The molecular weight excluding hydrogens is 432 g/mol. The third-order valence-corrected chi connectivity index (χ3v) is 5.90. The second-order valence-corrected chi connectivity index (χ2v) is 8.43. The van der Waals surface area contributed by atoms with Crippen molar-refractivity contribution in [3.8, 4) is 17.3 Å². The van der Waals surface area contributed by atoms with E-state index in [-0.39, 0.29) is 36.7 Å². The molecule has 3 heterocycles. The van der Waals surface area contributed by atoms with Crippen molar-refractivity contribution in [3.05, 3.63) is 75.8 Å². The largest absolute Gasteiger partial charge is 0.484 e. The molecule has 0 atom stereocenters. The van der Waals surface area contributed by atoms with E-state index in [0.717, 1.165) is 31.5 Å². The number of hydrogen-bond acceptors (Lipinski definition) is 6. The summed E-state index contributed by atoms with van der Waals surface area (Å²) in [4.78, 5) is 50.6. The number of H-pyrrole nitrogens is 1. The van der Waals surface area contributed by atoms with Crippen LogP contribution < -0.4 is 10.3 Å². The number of likely N-dealkylation sites (tertiary alicyclic amines) is 1. The van der Waals surface area contributed by atoms with Crippen LogP contribution in [0.1, 0.15) is 36.1 Å². The van der Waals surface area contributed by atoms with Crippen LogP contribution in [0.5, 0.6) is 5.75 Å². The number of Topliss-reactive ketones (excluding diaryl/α,β-unsaturated/α-hetero) is 1. The van der Waals surface area contributed by atoms with Crippen molar-refractivity contribution in [2.24, 2.45) is 0 Å². The zero-order valence-electron chi connectivity index (χ0n) is 19.3. The molecule has 1 aliphatic rings. The molecule has 1 aromatic carbocycles. The molecule has 8 heteroatoms. The molecule has 1 N–H and O–H groups in total. The third kappa shape index (κ3) is 5.95. The number of aromatic amines is 1. The summed E-state index contributed by atoms with van der Waals surface area (Å²) in [6.45, 7) is 3.35. The molecule has 176 valence electrons. The number of aromatic nitrogens is 3. The first-order chi connectivity index (χ1) is 16.5. The molecule has 2 aromatic heterocycles. The fourth-order valence-electron chi connectivity index (χ4n) is 4.06. The predicted molar refractivity (Wildman–Crippen MR) is 128 cm³/mol. The molecule has 0 spiro atoms. The Labute approximate surface area is 198 Å². The highest BCUT2D eigenvalue weighted by Gasteiger charge is 2.18. The Kier molecular flexibility index (Phi) is 7.47. The van der Waals surface area contributed by atoms with Crippen LogP contribution in [0.4, 0.5) is 0 Å². The van der Waals surface area contributed by atoms with Gasteiger partial charge >= 0.3 is 0 Å². The Bertz CT molecular complexity index is 1220. The lowest BCUT2D eigenvalue weighted by molar-refractivity contribution is -0.132. The summed E-state index contributed by atoms with van der Waals surface area (Å²) in [7, 11) is 0. The molecule has 34 heavy (non-hydrogen) atoms. The molecule has 1 aliphatic heterocycles. The second kappa shape index (κ2) is 10.9. The highest BCUT2D eigenvalue weighted by atomic mass is 16.5. The highest BCUT2D eigenvalue weighted by Crippen LogP contribution is 2.17. The van der Waals surface area contributed by atoms with Crippen molar-refractivity contribution in [1.29, 1.82) is 0 Å². The first-order valence-electron chi connectivity index (χ1n) is 11.5. The summed E-state index contributed by atoms with van der Waals surface area (Å²) in [5.74, 6) is 0.984. The number of benzene rings is 1. The third-order valence-electron chi connectivity index (χ3n) is 5.90. The van der Waals surface area contributed by atoms with E-state index in [9.17, 15) is 14.4 Å². The zero-order chi connectivity index (χ0) is 23.9. The van der Waals surface area contributed by atoms with E-state index in [1.54, 1.807) is 37.4 Å². The number of ketones is 1. The lowest BCUT2D eigenvalue weighted by Gasteiger charge is -2.15. The van der Waals surface area contributed by atoms with Gasteiger partial charge in [-0.05, 0) is 56.0 Å². The maximum absolute atomic E-state index is 12.6. The van der Waals surface area contributed by atoms with Crippen LogP contribution in [0.2, 0.25) is 0 Å². The van der Waals surface area contributed by atoms with Gasteiger partial charge < -0.3 is 14.6 Å². The van der Waals surface area contributed by atoms with Crippen molar-refractivity contribution >= 4 is 11.7 Å². The van der Waals surface area contributed by atoms with Crippen molar-refractivity contribution in [2.75, 3.05) is 19.7 Å². The second-order valence-electron chi connectivity index (χ2n) is 8.43. The van der Waals surface area contributed by atoms with E-state index in [2.05, 4.69) is 15.0 Å². The van der Waals surface area contributed by atoms with Gasteiger partial charge in [-0.25, -0.2) is 4.98 Å². The van der Waals surface area contributed by atoms with Crippen LogP contribution in [0, 0.1) is 6.92 Å². The van der Waals surface area contributed by atoms with Crippen LogP contribution in [-0.4, -0.2) is 51.2 Å². The Morgan fingerprint density at radius 3 is 2.68 bits per heavy atom. The molecule has 0 aliphatic carbocycles. The molecule has 4 rings (SSSR count). The van der Waals surface area contributed by atoms with Crippen LogP contribution in [0.3, 0.4) is 0 Å². The van der Waals surface area contributed by atoms with Gasteiger partial charge in [-0.15, -0.1) is 0 Å². The number of hydrogen-bond donors (Lipinski definition) is 1. The fraction of sp³-hybridized carbons (Fsp3) is 0.346. The lowest BCUT2D eigenvalue weighted by Crippen LogP contribution is -2.32. The minimum Gasteiger partial charge on any atom is -0.484 e. The molecule has 1 amide bonds. The van der Waals surface area contributed by atoms with Gasteiger partial charge in [0.15, 0.2) is 12.4 Å². The van der Waals surface area contributed by atoms with Crippen LogP contribution >= 0.6 is 0 Å². The quantitative estimate of drug-likeness (QED) is 0.526. The number of aryl methyl sites for hydroxylation is 1. The van der Waals surface area contributed by atoms with E-state index in [0.29, 0.717) is 34.9 Å². The highest BCUT2D eigenvalue weighted by molar-refractivity contribution is 5.81. The van der Waals surface area contributed by atoms with Gasteiger partial charge in [-0.2, -0.15) is 0 Å². The monoisotopic (exact) mass is 460 g/mol. The molecule has 1 saturated heterocycles. The van der Waals surface area contributed by atoms with Gasteiger partial charge in [0.1, 0.15) is 17.2 Å². The summed E-state index contributed by atoms with van der Waals surface area (Å²) < 4.78 is 5.65. The average Bonchev–Trinajstić information content (AvgIpc) is 3.38. The molecule has 0 saturated carbocycles. The Hall–Kier alpha value is -3.81. The number of nitrogens with one attached hydrogen (secondary N) is 1. The smallest absolute Gasteiger partial charge is 0.260 e. The SMILES string of the molecule is Cc1nc(-c2ccccn2)[nH]c(=O)c1CCC(=O)Cc1cccc(OCC(=O)N2CCCC2)c1. The number of carbonyl (C=O) groups excluding carboxylic acids is 2. The summed E-state index contributed by atoms with van der Waals surface area (Å²) >= 11 is 0. The van der Waals surface area contributed by atoms with E-state index in [1.807, 2.05) is 23.1 Å². The van der Waals surface area contributed by atoms with Gasteiger partial charge in [0.25, 0.3) is 11.5 Å². The molecule has 8 nitrogen and oxygen atoms in total. The molecule has 0 radical (unpaired) electrons. The maximum atomic E-state index is 12.6. The van der Waals surface area contributed by atoms with Crippen LogP contribution in [-0.2, 0) is 22.4 Å². The topological polar surface area (TPSA) is 105 Å². The standard InChI is InChI=1S/C26H28N4O4/c1-18-22(26(33)29-25(28-18)23-9-2-3-12-27-23)11-10-20(31)15-19-7-6-8-21(16-19)34-17-24(32)30-13-4-5-14-30/h2-3,6-9,12,16H,4-5,10-11,13-15,17H2,1H3,(H,28,29,33). The number of carbonyl (C=O) groups is 2. The molecule has 0 bridgehead atoms. The molecule has 0 unspecified atom stereocenters. The predicted octanol–water partition coefficient (Wildman–Crippen LogP) is 2.89. The Balaban J connectivity index is 1.32. The number of rotatable bonds is 9. The Morgan fingerprint density at radius 1 is 1.12 bits per heavy atom. The van der Waals surface area contributed by atoms with Gasteiger partial charge in [0.05, 0.1) is 0 Å². The number of pyridine rings is 1. The minimum absolute atomic E-state index is 0.000943. The normalized spacial score (nSPS) is 13.1. The average molecular weight is 461 g/mol. The van der Waals surface area contributed by atoms with E-state index < -0.39 is 0 Å². The lowest BCUT2D eigenvalue weighted by atomic mass is 10.0. The molecule has 3 aromatic rings. The number of ether oxygens (including phenoxy) is 1. The number of amides is 1. The first-order valence-corrected chi connectivity index (χ1v) is 11.5. The van der Waals surface area contributed by atoms with Crippen molar-refractivity contribution in [2.45, 2.75) is 39.0 Å². The Morgan fingerprint density at radius 2 is 1.94 bits per heavy atom.